The molecule has 2 aromatic heterocycles. The number of fused-ring (bicyclic) bond motifs is 1. The van der Waals surface area contributed by atoms with E-state index in [0.29, 0.717) is 17.3 Å². The zero-order valence-corrected chi connectivity index (χ0v) is 22.6. The number of hydrogen-bond donors (Lipinski definition) is 1. The van der Waals surface area contributed by atoms with Gasteiger partial charge in [-0.1, -0.05) is 35.9 Å². The smallest absolute Gasteiger partial charge is 0.332 e. The van der Waals surface area contributed by atoms with Crippen LogP contribution >= 0.6 is 24.0 Å². The summed E-state index contributed by atoms with van der Waals surface area (Å²) in [5, 5.41) is 9.90. The first-order valence-corrected chi connectivity index (χ1v) is 12.2. The number of hydrogen-bond acceptors (Lipinski definition) is 6. The lowest BCUT2D eigenvalue weighted by atomic mass is 10.2. The number of rotatable bonds is 10. The summed E-state index contributed by atoms with van der Waals surface area (Å²) < 4.78 is 10.5. The first kappa shape index (κ1) is 28.5. The zero-order valence-electron chi connectivity index (χ0n) is 21.1. The minimum Gasteiger partial charge on any atom is -0.425 e. The van der Waals surface area contributed by atoms with Gasteiger partial charge in [0.05, 0.1) is 6.54 Å². The van der Waals surface area contributed by atoms with E-state index >= 15 is 0 Å². The molecule has 9 nitrogen and oxygen atoms in total. The van der Waals surface area contributed by atoms with Gasteiger partial charge in [0, 0.05) is 31.3 Å². The highest BCUT2D eigenvalue weighted by Gasteiger charge is 2.22. The molecule has 0 aliphatic rings. The van der Waals surface area contributed by atoms with Crippen LogP contribution in [-0.2, 0) is 26.2 Å². The van der Waals surface area contributed by atoms with Crippen molar-refractivity contribution in [2.75, 3.05) is 20.7 Å². The van der Waals surface area contributed by atoms with Gasteiger partial charge >= 0.3 is 11.7 Å². The van der Waals surface area contributed by atoms with Crippen LogP contribution in [0.3, 0.4) is 0 Å². The third-order valence-electron chi connectivity index (χ3n) is 5.80. The quantitative estimate of drug-likeness (QED) is 0.325. The van der Waals surface area contributed by atoms with Gasteiger partial charge in [0.25, 0.3) is 5.56 Å². The van der Waals surface area contributed by atoms with Crippen molar-refractivity contribution in [1.29, 1.82) is 0 Å². The van der Waals surface area contributed by atoms with Gasteiger partial charge in [0.1, 0.15) is 5.75 Å². The summed E-state index contributed by atoms with van der Waals surface area (Å²) in [7, 11) is 3.98. The molecule has 0 atom stereocenters. The Balaban J connectivity index is 0.00000380. The number of aromatic nitrogens is 4. The fourth-order valence-corrected chi connectivity index (χ4v) is 4.28. The predicted octanol–water partition coefficient (Wildman–Crippen LogP) is 3.74. The second-order valence-electron chi connectivity index (χ2n) is 8.83. The molecule has 0 fully saturated rings. The van der Waals surface area contributed by atoms with Crippen molar-refractivity contribution in [3.8, 4) is 11.8 Å². The SMILES string of the molecule is CCn1c(=O)n(CCCO)c(=O)c2c1nc(Oc1cccc(CN(C)C)c1)n2Cc1ccc(Cl)cc1.Cl. The number of aliphatic hydroxyl groups excluding tert-OH is 1. The highest BCUT2D eigenvalue weighted by atomic mass is 35.5. The molecule has 0 unspecified atom stereocenters. The monoisotopic (exact) mass is 547 g/mol. The summed E-state index contributed by atoms with van der Waals surface area (Å²) in [6.07, 6.45) is 0.289. The van der Waals surface area contributed by atoms with Gasteiger partial charge in [-0.25, -0.2) is 4.79 Å². The molecule has 2 heterocycles. The van der Waals surface area contributed by atoms with E-state index in [-0.39, 0.29) is 55.7 Å². The van der Waals surface area contributed by atoms with Crippen molar-refractivity contribution in [2.45, 2.75) is 39.5 Å². The Morgan fingerprint density at radius 3 is 2.41 bits per heavy atom. The average Bonchev–Trinajstić information content (AvgIpc) is 3.18. The van der Waals surface area contributed by atoms with Crippen LogP contribution in [0, 0.1) is 0 Å². The maximum atomic E-state index is 13.6. The molecule has 0 spiro atoms. The highest BCUT2D eigenvalue weighted by Crippen LogP contribution is 2.26. The molecule has 0 aliphatic carbocycles. The van der Waals surface area contributed by atoms with Gasteiger partial charge in [-0.05, 0) is 62.8 Å². The molecule has 0 bridgehead atoms. The van der Waals surface area contributed by atoms with E-state index < -0.39 is 11.2 Å². The number of nitrogens with zero attached hydrogens (tertiary/aromatic N) is 5. The normalized spacial score (nSPS) is 11.2. The minimum absolute atomic E-state index is 0. The van der Waals surface area contributed by atoms with Crippen molar-refractivity contribution in [2.24, 2.45) is 0 Å². The molecule has 198 valence electrons. The Labute approximate surface area is 225 Å². The van der Waals surface area contributed by atoms with Crippen molar-refractivity contribution in [3.63, 3.8) is 0 Å². The maximum Gasteiger partial charge on any atom is 0.332 e. The molecule has 1 N–H and O–H groups in total. The molecule has 2 aromatic carbocycles. The van der Waals surface area contributed by atoms with Gasteiger partial charge < -0.3 is 14.7 Å². The summed E-state index contributed by atoms with van der Waals surface area (Å²) >= 11 is 6.07. The van der Waals surface area contributed by atoms with Gasteiger partial charge in [-0.2, -0.15) is 4.98 Å². The summed E-state index contributed by atoms with van der Waals surface area (Å²) in [6, 6.07) is 15.2. The zero-order chi connectivity index (χ0) is 25.8. The molecule has 0 radical (unpaired) electrons. The number of aliphatic hydroxyl groups is 1. The Kier molecular flexibility index (Phi) is 9.56. The molecule has 0 amide bonds. The number of aryl methyl sites for hydroxylation is 1. The molecule has 37 heavy (non-hydrogen) atoms. The summed E-state index contributed by atoms with van der Waals surface area (Å²) in [5.74, 6) is 0.577. The number of ether oxygens (including phenoxy) is 1. The van der Waals surface area contributed by atoms with Crippen LogP contribution in [0.15, 0.2) is 58.1 Å². The predicted molar refractivity (Wildman–Crippen MR) is 147 cm³/mol. The summed E-state index contributed by atoms with van der Waals surface area (Å²) in [4.78, 5) is 33.3. The molecule has 4 rings (SSSR count). The van der Waals surface area contributed by atoms with E-state index in [1.54, 1.807) is 16.7 Å². The molecule has 4 aromatic rings. The number of imidazole rings is 1. The third kappa shape index (κ3) is 6.24. The standard InChI is InChI=1S/C26H30ClN5O4.ClH/c1-4-30-23-22(24(34)31(26(30)35)13-6-14-33)32(17-18-9-11-20(27)12-10-18)25(28-23)36-21-8-5-7-19(15-21)16-29(2)3;/h5,7-12,15,33H,4,6,13-14,16-17H2,1-3H3;1H. The largest absolute Gasteiger partial charge is 0.425 e. The molecule has 0 saturated carbocycles. The summed E-state index contributed by atoms with van der Waals surface area (Å²) in [6.45, 7) is 3.16. The van der Waals surface area contributed by atoms with E-state index in [1.165, 1.54) is 4.57 Å². The van der Waals surface area contributed by atoms with Crippen molar-refractivity contribution in [1.82, 2.24) is 23.6 Å². The summed E-state index contributed by atoms with van der Waals surface area (Å²) in [5.41, 5.74) is 1.56. The number of halogens is 2. The second kappa shape index (κ2) is 12.4. The molecule has 0 aliphatic heterocycles. The third-order valence-corrected chi connectivity index (χ3v) is 6.05. The lowest BCUT2D eigenvalue weighted by molar-refractivity contribution is 0.277. The fraction of sp³-hybridized carbons (Fsp3) is 0.346. The Morgan fingerprint density at radius 2 is 1.76 bits per heavy atom. The van der Waals surface area contributed by atoms with Gasteiger partial charge in [0.2, 0.25) is 0 Å². The molecule has 0 saturated heterocycles. The molecular formula is C26H31Cl2N5O4. The topological polar surface area (TPSA) is 94.5 Å². The second-order valence-corrected chi connectivity index (χ2v) is 9.26. The van der Waals surface area contributed by atoms with Crippen LogP contribution in [0.2, 0.25) is 5.02 Å². The van der Waals surface area contributed by atoms with Crippen LogP contribution < -0.4 is 16.0 Å². The van der Waals surface area contributed by atoms with E-state index in [4.69, 9.17) is 16.3 Å². The van der Waals surface area contributed by atoms with Crippen LogP contribution in [-0.4, -0.2) is 49.4 Å². The Morgan fingerprint density at radius 1 is 1.03 bits per heavy atom. The minimum atomic E-state index is -0.467. The van der Waals surface area contributed by atoms with Crippen molar-refractivity contribution < 1.29 is 9.84 Å². The molecule has 11 heteroatoms. The molecular weight excluding hydrogens is 517 g/mol. The van der Waals surface area contributed by atoms with Crippen LogP contribution in [0.1, 0.15) is 24.5 Å². The van der Waals surface area contributed by atoms with Crippen LogP contribution in [0.4, 0.5) is 0 Å². The average molecular weight is 548 g/mol. The Hall–Kier alpha value is -3.11. The van der Waals surface area contributed by atoms with Crippen LogP contribution in [0.5, 0.6) is 11.8 Å². The first-order chi connectivity index (χ1) is 17.3. The van der Waals surface area contributed by atoms with Crippen LogP contribution in [0.25, 0.3) is 11.2 Å². The van der Waals surface area contributed by atoms with Crippen molar-refractivity contribution >= 4 is 35.2 Å². The highest BCUT2D eigenvalue weighted by molar-refractivity contribution is 6.30. The van der Waals surface area contributed by atoms with E-state index in [1.807, 2.05) is 57.4 Å². The fourth-order valence-electron chi connectivity index (χ4n) is 4.16. The van der Waals surface area contributed by atoms with E-state index in [0.717, 1.165) is 22.2 Å². The van der Waals surface area contributed by atoms with E-state index in [2.05, 4.69) is 9.88 Å². The Bertz CT molecular complexity index is 1480. The lowest BCUT2D eigenvalue weighted by Gasteiger charge is -2.13. The van der Waals surface area contributed by atoms with Gasteiger partial charge in [0.15, 0.2) is 11.2 Å². The van der Waals surface area contributed by atoms with Crippen molar-refractivity contribution in [3.05, 3.63) is 85.5 Å². The maximum absolute atomic E-state index is 13.6. The number of benzene rings is 2. The van der Waals surface area contributed by atoms with Gasteiger partial charge in [-0.3, -0.25) is 18.5 Å². The lowest BCUT2D eigenvalue weighted by Crippen LogP contribution is -2.40. The van der Waals surface area contributed by atoms with E-state index in [9.17, 15) is 14.7 Å². The van der Waals surface area contributed by atoms with Gasteiger partial charge in [-0.15, -0.1) is 12.4 Å². The first-order valence-electron chi connectivity index (χ1n) is 11.8.